The normalized spacial score (nSPS) is 15.3. The van der Waals surface area contributed by atoms with Gasteiger partial charge in [-0.05, 0) is 52.2 Å². The van der Waals surface area contributed by atoms with E-state index in [1.165, 1.54) is 30.9 Å². The van der Waals surface area contributed by atoms with Crippen LogP contribution >= 0.6 is 27.3 Å². The molecule has 4 heteroatoms. The van der Waals surface area contributed by atoms with Gasteiger partial charge in [-0.2, -0.15) is 0 Å². The molecular weight excluding hydrogens is 334 g/mol. The highest BCUT2D eigenvalue weighted by molar-refractivity contribution is 9.10. The maximum absolute atomic E-state index is 5.51. The summed E-state index contributed by atoms with van der Waals surface area (Å²) in [7, 11) is 0. The van der Waals surface area contributed by atoms with Crippen molar-refractivity contribution >= 4 is 27.3 Å². The summed E-state index contributed by atoms with van der Waals surface area (Å²) in [5, 5.41) is 3.60. The molecule has 2 heterocycles. The van der Waals surface area contributed by atoms with Crippen molar-refractivity contribution in [2.24, 2.45) is 0 Å². The Morgan fingerprint density at radius 3 is 2.80 bits per heavy atom. The van der Waals surface area contributed by atoms with Crippen LogP contribution in [0.2, 0.25) is 0 Å². The quantitative estimate of drug-likeness (QED) is 0.872. The highest BCUT2D eigenvalue weighted by atomic mass is 79.9. The lowest BCUT2D eigenvalue weighted by Gasteiger charge is -2.17. The van der Waals surface area contributed by atoms with E-state index in [4.69, 9.17) is 4.74 Å². The molecule has 0 aliphatic carbocycles. The average molecular weight is 352 g/mol. The molecular formula is C16H18BrNOS. The van der Waals surface area contributed by atoms with Crippen LogP contribution in [-0.4, -0.2) is 6.54 Å². The summed E-state index contributed by atoms with van der Waals surface area (Å²) >= 11 is 5.47. The van der Waals surface area contributed by atoms with Crippen molar-refractivity contribution < 1.29 is 4.74 Å². The van der Waals surface area contributed by atoms with Gasteiger partial charge in [-0.3, -0.25) is 0 Å². The molecule has 3 rings (SSSR count). The molecule has 1 N–H and O–H groups in total. The summed E-state index contributed by atoms with van der Waals surface area (Å²) < 4.78 is 6.71. The molecule has 0 saturated heterocycles. The maximum Gasteiger partial charge on any atom is 0.0725 e. The van der Waals surface area contributed by atoms with Crippen LogP contribution in [0.5, 0.6) is 0 Å². The van der Waals surface area contributed by atoms with Gasteiger partial charge in [0.05, 0.1) is 19.3 Å². The van der Waals surface area contributed by atoms with Crippen LogP contribution in [0, 0.1) is 6.92 Å². The van der Waals surface area contributed by atoms with Crippen LogP contribution in [-0.2, 0) is 18.0 Å². The van der Waals surface area contributed by atoms with Crippen molar-refractivity contribution in [3.8, 4) is 0 Å². The number of nitrogens with one attached hydrogen (secondary N) is 1. The van der Waals surface area contributed by atoms with Crippen molar-refractivity contribution in [2.45, 2.75) is 33.1 Å². The van der Waals surface area contributed by atoms with Gasteiger partial charge >= 0.3 is 0 Å². The first-order valence-corrected chi connectivity index (χ1v) is 8.48. The Morgan fingerprint density at radius 2 is 2.10 bits per heavy atom. The monoisotopic (exact) mass is 351 g/mol. The molecule has 1 aliphatic heterocycles. The Kier molecular flexibility index (Phi) is 4.26. The Hall–Kier alpha value is -0.680. The smallest absolute Gasteiger partial charge is 0.0725 e. The molecule has 0 spiro atoms. The molecule has 2 nitrogen and oxygen atoms in total. The van der Waals surface area contributed by atoms with Crippen LogP contribution in [0.25, 0.3) is 0 Å². The van der Waals surface area contributed by atoms with Gasteiger partial charge in [-0.1, -0.05) is 25.1 Å². The van der Waals surface area contributed by atoms with Crippen LogP contribution < -0.4 is 5.32 Å². The van der Waals surface area contributed by atoms with E-state index >= 15 is 0 Å². The number of thiophene rings is 1. The number of hydrogen-bond acceptors (Lipinski definition) is 3. The molecule has 1 unspecified atom stereocenters. The van der Waals surface area contributed by atoms with E-state index < -0.39 is 0 Å². The number of fused-ring (bicyclic) bond motifs is 1. The van der Waals surface area contributed by atoms with Crippen molar-refractivity contribution in [2.75, 3.05) is 6.54 Å². The van der Waals surface area contributed by atoms with Gasteiger partial charge < -0.3 is 10.1 Å². The van der Waals surface area contributed by atoms with Crippen LogP contribution in [0.15, 0.2) is 28.7 Å². The lowest BCUT2D eigenvalue weighted by atomic mass is 10.00. The molecule has 0 fully saturated rings. The van der Waals surface area contributed by atoms with Gasteiger partial charge in [0.15, 0.2) is 0 Å². The number of rotatable bonds is 4. The van der Waals surface area contributed by atoms with Gasteiger partial charge in [0, 0.05) is 14.2 Å². The second kappa shape index (κ2) is 5.98. The standard InChI is InChI=1S/C16H18BrNOS/c1-3-18-16(15-7-14(17)10(2)20-15)11-4-5-12-8-19-9-13(12)6-11/h4-7,16,18H,3,8-9H2,1-2H3. The lowest BCUT2D eigenvalue weighted by molar-refractivity contribution is 0.134. The van der Waals surface area contributed by atoms with E-state index in [-0.39, 0.29) is 6.04 Å². The predicted octanol–water partition coefficient (Wildman–Crippen LogP) is 4.55. The van der Waals surface area contributed by atoms with Gasteiger partial charge in [0.2, 0.25) is 0 Å². The number of aryl methyl sites for hydroxylation is 1. The third kappa shape index (κ3) is 2.70. The van der Waals surface area contributed by atoms with Crippen molar-refractivity contribution in [1.82, 2.24) is 5.32 Å². The van der Waals surface area contributed by atoms with Crippen LogP contribution in [0.4, 0.5) is 0 Å². The van der Waals surface area contributed by atoms with Crippen LogP contribution in [0.3, 0.4) is 0 Å². The molecule has 0 amide bonds. The van der Waals surface area contributed by atoms with E-state index in [1.54, 1.807) is 0 Å². The summed E-state index contributed by atoms with van der Waals surface area (Å²) in [6, 6.07) is 9.22. The first kappa shape index (κ1) is 14.3. The summed E-state index contributed by atoms with van der Waals surface area (Å²) in [6.07, 6.45) is 0. The fraction of sp³-hybridized carbons (Fsp3) is 0.375. The Bertz CT molecular complexity index is 603. The van der Waals surface area contributed by atoms with Crippen LogP contribution in [0.1, 0.15) is 39.4 Å². The highest BCUT2D eigenvalue weighted by Crippen LogP contribution is 2.35. The molecule has 20 heavy (non-hydrogen) atoms. The highest BCUT2D eigenvalue weighted by Gasteiger charge is 2.19. The second-order valence-corrected chi connectivity index (χ2v) is 7.21. The minimum absolute atomic E-state index is 0.265. The second-order valence-electron chi connectivity index (χ2n) is 5.06. The number of benzene rings is 1. The summed E-state index contributed by atoms with van der Waals surface area (Å²) in [4.78, 5) is 2.68. The zero-order valence-electron chi connectivity index (χ0n) is 11.7. The molecule has 1 aromatic heterocycles. The summed E-state index contributed by atoms with van der Waals surface area (Å²) in [5.41, 5.74) is 3.98. The van der Waals surface area contributed by atoms with E-state index in [9.17, 15) is 0 Å². The number of hydrogen-bond donors (Lipinski definition) is 1. The molecule has 2 aromatic rings. The SMILES string of the molecule is CCNC(c1ccc2c(c1)COC2)c1cc(Br)c(C)s1. The minimum atomic E-state index is 0.265. The fourth-order valence-corrected chi connectivity index (χ4v) is 4.25. The maximum atomic E-state index is 5.51. The van der Waals surface area contributed by atoms with E-state index in [2.05, 4.69) is 59.4 Å². The Labute approximate surface area is 132 Å². The molecule has 0 radical (unpaired) electrons. The zero-order chi connectivity index (χ0) is 14.1. The summed E-state index contributed by atoms with van der Waals surface area (Å²) in [6.45, 7) is 6.75. The van der Waals surface area contributed by atoms with E-state index in [1.807, 2.05) is 11.3 Å². The predicted molar refractivity (Wildman–Crippen MR) is 87.2 cm³/mol. The van der Waals surface area contributed by atoms with Gasteiger partial charge in [0.1, 0.15) is 0 Å². The Morgan fingerprint density at radius 1 is 1.30 bits per heavy atom. The van der Waals surface area contributed by atoms with Crippen molar-refractivity contribution in [3.05, 3.63) is 55.2 Å². The first-order valence-electron chi connectivity index (χ1n) is 6.87. The third-order valence-electron chi connectivity index (χ3n) is 3.65. The lowest BCUT2D eigenvalue weighted by Crippen LogP contribution is -2.21. The van der Waals surface area contributed by atoms with Gasteiger partial charge in [-0.25, -0.2) is 0 Å². The van der Waals surface area contributed by atoms with Gasteiger partial charge in [0.25, 0.3) is 0 Å². The van der Waals surface area contributed by atoms with Crippen molar-refractivity contribution in [3.63, 3.8) is 0 Å². The van der Waals surface area contributed by atoms with Gasteiger partial charge in [-0.15, -0.1) is 11.3 Å². The molecule has 1 atom stereocenters. The fourth-order valence-electron chi connectivity index (χ4n) is 2.58. The summed E-state index contributed by atoms with van der Waals surface area (Å²) in [5.74, 6) is 0. The molecule has 106 valence electrons. The molecule has 1 aliphatic rings. The average Bonchev–Trinajstić information content (AvgIpc) is 3.02. The number of ether oxygens (including phenoxy) is 1. The van der Waals surface area contributed by atoms with Crippen molar-refractivity contribution in [1.29, 1.82) is 0 Å². The number of halogens is 1. The largest absolute Gasteiger partial charge is 0.372 e. The zero-order valence-corrected chi connectivity index (χ0v) is 14.1. The molecule has 0 saturated carbocycles. The third-order valence-corrected chi connectivity index (χ3v) is 5.85. The minimum Gasteiger partial charge on any atom is -0.372 e. The Balaban J connectivity index is 1.98. The molecule has 1 aromatic carbocycles. The molecule has 0 bridgehead atoms. The first-order chi connectivity index (χ1) is 9.69. The van der Waals surface area contributed by atoms with E-state index in [0.29, 0.717) is 0 Å². The topological polar surface area (TPSA) is 21.3 Å². The van der Waals surface area contributed by atoms with E-state index in [0.717, 1.165) is 19.8 Å².